The van der Waals surface area contributed by atoms with Crippen molar-refractivity contribution in [2.24, 2.45) is 14.1 Å². The molecule has 0 aromatic carbocycles. The fourth-order valence-corrected chi connectivity index (χ4v) is 3.80. The van der Waals surface area contributed by atoms with E-state index in [4.69, 9.17) is 4.42 Å². The van der Waals surface area contributed by atoms with E-state index < -0.39 is 11.2 Å². The van der Waals surface area contributed by atoms with Crippen LogP contribution in [0.5, 0.6) is 0 Å². The number of fused-ring (bicyclic) bond motifs is 1. The van der Waals surface area contributed by atoms with Crippen molar-refractivity contribution < 1.29 is 9.21 Å². The Hall–Kier alpha value is -3.20. The Bertz CT molecular complexity index is 1160. The van der Waals surface area contributed by atoms with Gasteiger partial charge in [0.25, 0.3) is 11.5 Å². The summed E-state index contributed by atoms with van der Waals surface area (Å²) >= 11 is 0. The van der Waals surface area contributed by atoms with E-state index in [1.54, 1.807) is 6.26 Å². The maximum absolute atomic E-state index is 12.7. The smallest absolute Gasteiger partial charge is 0.332 e. The molecular weight excluding hydrogens is 374 g/mol. The van der Waals surface area contributed by atoms with Crippen LogP contribution < -0.4 is 16.6 Å². The number of nitrogens with zero attached hydrogens (tertiary/aromatic N) is 4. The van der Waals surface area contributed by atoms with Gasteiger partial charge in [-0.25, -0.2) is 9.78 Å². The highest BCUT2D eigenvalue weighted by atomic mass is 16.3. The average molecular weight is 397 g/mol. The van der Waals surface area contributed by atoms with Crippen molar-refractivity contribution in [1.29, 1.82) is 0 Å². The van der Waals surface area contributed by atoms with E-state index in [0.29, 0.717) is 6.54 Å². The van der Waals surface area contributed by atoms with Crippen LogP contribution in [0.2, 0.25) is 0 Å². The lowest BCUT2D eigenvalue weighted by Crippen LogP contribution is -2.38. The topological polar surface area (TPSA) is 102 Å². The molecule has 1 aliphatic heterocycles. The molecule has 0 unspecified atom stereocenters. The Morgan fingerprint density at radius 3 is 2.62 bits per heavy atom. The first-order valence-corrected chi connectivity index (χ1v) is 9.60. The molecule has 3 aromatic heterocycles. The molecule has 0 bridgehead atoms. The monoisotopic (exact) mass is 397 g/mol. The molecule has 0 saturated carbocycles. The highest BCUT2D eigenvalue weighted by Crippen LogP contribution is 2.25. The van der Waals surface area contributed by atoms with Gasteiger partial charge in [-0.15, -0.1) is 0 Å². The third-order valence-corrected chi connectivity index (χ3v) is 5.44. The number of pyridine rings is 1. The predicted octanol–water partition coefficient (Wildman–Crippen LogP) is 0.792. The van der Waals surface area contributed by atoms with Crippen molar-refractivity contribution in [3.63, 3.8) is 0 Å². The van der Waals surface area contributed by atoms with Crippen LogP contribution in [-0.4, -0.2) is 44.6 Å². The van der Waals surface area contributed by atoms with Gasteiger partial charge < -0.3 is 9.73 Å². The van der Waals surface area contributed by atoms with Gasteiger partial charge in [0.1, 0.15) is 17.1 Å². The third kappa shape index (κ3) is 3.49. The van der Waals surface area contributed by atoms with Crippen LogP contribution in [0.4, 0.5) is 0 Å². The number of rotatable bonds is 5. The second-order valence-electron chi connectivity index (χ2n) is 7.26. The Morgan fingerprint density at radius 2 is 1.93 bits per heavy atom. The lowest BCUT2D eigenvalue weighted by Gasteiger charge is -2.25. The molecule has 1 atom stereocenters. The molecule has 1 N–H and O–H groups in total. The summed E-state index contributed by atoms with van der Waals surface area (Å²) in [6.07, 6.45) is 3.88. The average Bonchev–Trinajstić information content (AvgIpc) is 3.45. The normalized spacial score (nSPS) is 15.7. The number of likely N-dealkylation sites (tertiary alicyclic amines) is 1. The van der Waals surface area contributed by atoms with Crippen LogP contribution in [0.25, 0.3) is 11.0 Å². The fourth-order valence-electron chi connectivity index (χ4n) is 3.80. The van der Waals surface area contributed by atoms with Crippen molar-refractivity contribution in [2.75, 3.05) is 19.6 Å². The van der Waals surface area contributed by atoms with Crippen LogP contribution in [0.1, 0.15) is 35.1 Å². The quantitative estimate of drug-likeness (QED) is 0.683. The van der Waals surface area contributed by atoms with E-state index in [0.717, 1.165) is 36.3 Å². The zero-order valence-corrected chi connectivity index (χ0v) is 16.4. The van der Waals surface area contributed by atoms with E-state index in [1.165, 1.54) is 30.8 Å². The molecule has 29 heavy (non-hydrogen) atoms. The Balaban J connectivity index is 1.58. The van der Waals surface area contributed by atoms with E-state index >= 15 is 0 Å². The second kappa shape index (κ2) is 7.67. The number of furan rings is 1. The van der Waals surface area contributed by atoms with Crippen LogP contribution in [0.3, 0.4) is 0 Å². The van der Waals surface area contributed by atoms with Gasteiger partial charge in [-0.05, 0) is 50.2 Å². The number of carbonyl (C=O) groups excluding carboxylic acids is 1. The number of nitrogens with one attached hydrogen (secondary N) is 1. The van der Waals surface area contributed by atoms with E-state index in [-0.39, 0.29) is 28.7 Å². The number of carbonyl (C=O) groups is 1. The molecular formula is C20H23N5O4. The summed E-state index contributed by atoms with van der Waals surface area (Å²) in [5.74, 6) is 0.445. The number of hydrogen-bond donors (Lipinski definition) is 1. The van der Waals surface area contributed by atoms with Crippen molar-refractivity contribution in [3.8, 4) is 0 Å². The summed E-state index contributed by atoms with van der Waals surface area (Å²) in [4.78, 5) is 43.7. The molecule has 0 aliphatic carbocycles. The van der Waals surface area contributed by atoms with Gasteiger partial charge in [-0.2, -0.15) is 0 Å². The maximum atomic E-state index is 12.7. The van der Waals surface area contributed by atoms with Gasteiger partial charge in [-0.3, -0.25) is 23.6 Å². The fraction of sp³-hybridized carbons (Fsp3) is 0.400. The van der Waals surface area contributed by atoms with E-state index in [1.807, 2.05) is 12.1 Å². The summed E-state index contributed by atoms with van der Waals surface area (Å²) in [5.41, 5.74) is -0.581. The molecule has 1 amide bonds. The molecule has 1 aliphatic rings. The molecule has 1 fully saturated rings. The lowest BCUT2D eigenvalue weighted by atomic mass is 10.2. The summed E-state index contributed by atoms with van der Waals surface area (Å²) in [7, 11) is 2.94. The lowest BCUT2D eigenvalue weighted by molar-refractivity contribution is 0.0929. The van der Waals surface area contributed by atoms with Gasteiger partial charge >= 0.3 is 5.69 Å². The highest BCUT2D eigenvalue weighted by Gasteiger charge is 2.26. The number of amides is 1. The molecule has 4 heterocycles. The molecule has 152 valence electrons. The number of hydrogen-bond acceptors (Lipinski definition) is 6. The van der Waals surface area contributed by atoms with Crippen molar-refractivity contribution in [2.45, 2.75) is 18.9 Å². The Kier molecular flexibility index (Phi) is 5.06. The van der Waals surface area contributed by atoms with E-state index in [9.17, 15) is 14.4 Å². The van der Waals surface area contributed by atoms with Crippen molar-refractivity contribution >= 4 is 16.9 Å². The highest BCUT2D eigenvalue weighted by molar-refractivity contribution is 5.94. The molecule has 9 heteroatoms. The summed E-state index contributed by atoms with van der Waals surface area (Å²) < 4.78 is 7.86. The number of aryl methyl sites for hydroxylation is 1. The van der Waals surface area contributed by atoms with E-state index in [2.05, 4.69) is 15.2 Å². The van der Waals surface area contributed by atoms with Gasteiger partial charge in [0.15, 0.2) is 0 Å². The molecule has 4 rings (SSSR count). The SMILES string of the molecule is Cn1c(=O)c2ccc(C(=O)NC[C@H](c3ccco3)N3CCCC3)nc2n(C)c1=O. The van der Waals surface area contributed by atoms with Crippen LogP contribution in [0.15, 0.2) is 44.5 Å². The first-order valence-electron chi connectivity index (χ1n) is 9.60. The summed E-state index contributed by atoms with van der Waals surface area (Å²) in [6, 6.07) is 6.74. The minimum absolute atomic E-state index is 0.0476. The second-order valence-corrected chi connectivity index (χ2v) is 7.26. The molecule has 0 spiro atoms. The molecule has 1 saturated heterocycles. The van der Waals surface area contributed by atoms with Gasteiger partial charge in [0.2, 0.25) is 0 Å². The minimum Gasteiger partial charge on any atom is -0.468 e. The molecule has 9 nitrogen and oxygen atoms in total. The number of aromatic nitrogens is 3. The zero-order valence-electron chi connectivity index (χ0n) is 16.4. The first kappa shape index (κ1) is 19.1. The predicted molar refractivity (Wildman–Crippen MR) is 107 cm³/mol. The van der Waals surface area contributed by atoms with Gasteiger partial charge in [0.05, 0.1) is 17.7 Å². The molecule has 3 aromatic rings. The van der Waals surface area contributed by atoms with Crippen LogP contribution >= 0.6 is 0 Å². The van der Waals surface area contributed by atoms with Gasteiger partial charge in [-0.1, -0.05) is 0 Å². The maximum Gasteiger partial charge on any atom is 0.332 e. The largest absolute Gasteiger partial charge is 0.468 e. The Labute approximate surface area is 166 Å². The minimum atomic E-state index is -0.487. The van der Waals surface area contributed by atoms with Crippen LogP contribution in [-0.2, 0) is 14.1 Å². The first-order chi connectivity index (χ1) is 14.0. The summed E-state index contributed by atoms with van der Waals surface area (Å²) in [5, 5.41) is 3.20. The zero-order chi connectivity index (χ0) is 20.5. The van der Waals surface area contributed by atoms with Crippen LogP contribution in [0, 0.1) is 0 Å². The van der Waals surface area contributed by atoms with Crippen molar-refractivity contribution in [1.82, 2.24) is 24.3 Å². The van der Waals surface area contributed by atoms with Crippen molar-refractivity contribution in [3.05, 3.63) is 62.8 Å². The van der Waals surface area contributed by atoms with Gasteiger partial charge in [0, 0.05) is 20.6 Å². The molecule has 0 radical (unpaired) electrons. The summed E-state index contributed by atoms with van der Waals surface area (Å²) in [6.45, 7) is 2.29. The Morgan fingerprint density at radius 1 is 1.17 bits per heavy atom. The standard InChI is InChI=1S/C20H23N5O4/c1-23-17-13(19(27)24(2)20(23)28)7-8-14(22-17)18(26)21-12-15(16-6-5-11-29-16)25-9-3-4-10-25/h5-8,11,15H,3-4,9-10,12H2,1-2H3,(H,21,26)/t15-/m1/s1. The third-order valence-electron chi connectivity index (χ3n) is 5.44.